The first kappa shape index (κ1) is 15.0. The fraction of sp³-hybridized carbons (Fsp3) is 0.714. The Morgan fingerprint density at radius 1 is 1.20 bits per heavy atom. The Bertz CT molecular complexity index is 400. The number of carbonyl (C=O) groups excluding carboxylic acids is 1. The summed E-state index contributed by atoms with van der Waals surface area (Å²) in [5, 5.41) is 21.6. The molecule has 112 valence electrons. The number of carboxylic acids is 1. The molecule has 1 heterocycles. The fourth-order valence-electron chi connectivity index (χ4n) is 2.82. The normalized spacial score (nSPS) is 28.9. The largest absolute Gasteiger partial charge is 0.481 e. The molecule has 0 aromatic heterocycles. The number of hydrogen-bond acceptors (Lipinski definition) is 4. The van der Waals surface area contributed by atoms with Crippen LogP contribution in [0.3, 0.4) is 0 Å². The van der Waals surface area contributed by atoms with Gasteiger partial charge < -0.3 is 20.3 Å². The molecule has 1 aliphatic heterocycles. The van der Waals surface area contributed by atoms with Crippen molar-refractivity contribution in [3.05, 3.63) is 12.2 Å². The van der Waals surface area contributed by atoms with Crippen molar-refractivity contribution in [2.45, 2.75) is 31.2 Å². The molecule has 2 rings (SSSR count). The van der Waals surface area contributed by atoms with Crippen molar-refractivity contribution in [3.63, 3.8) is 0 Å². The number of aliphatic carboxylic acids is 1. The van der Waals surface area contributed by atoms with Gasteiger partial charge in [-0.2, -0.15) is 0 Å². The molecule has 1 aliphatic carbocycles. The van der Waals surface area contributed by atoms with Crippen LogP contribution >= 0.6 is 0 Å². The van der Waals surface area contributed by atoms with Crippen molar-refractivity contribution in [2.75, 3.05) is 19.8 Å². The van der Waals surface area contributed by atoms with Crippen molar-refractivity contribution in [2.24, 2.45) is 11.8 Å². The molecule has 20 heavy (non-hydrogen) atoms. The highest BCUT2D eigenvalue weighted by Gasteiger charge is 2.39. The lowest BCUT2D eigenvalue weighted by Crippen LogP contribution is -2.57. The smallest absolute Gasteiger partial charge is 0.307 e. The third-order valence-electron chi connectivity index (χ3n) is 4.23. The van der Waals surface area contributed by atoms with Gasteiger partial charge >= 0.3 is 5.97 Å². The number of ether oxygens (including phenoxy) is 1. The molecule has 6 nitrogen and oxygen atoms in total. The first-order valence-corrected chi connectivity index (χ1v) is 6.96. The van der Waals surface area contributed by atoms with Crippen molar-refractivity contribution < 1.29 is 24.5 Å². The monoisotopic (exact) mass is 283 g/mol. The number of amides is 1. The van der Waals surface area contributed by atoms with Crippen molar-refractivity contribution in [3.8, 4) is 0 Å². The van der Waals surface area contributed by atoms with E-state index in [1.54, 1.807) is 6.08 Å². The Labute approximate surface area is 117 Å². The zero-order valence-electron chi connectivity index (χ0n) is 11.4. The first-order chi connectivity index (χ1) is 9.58. The molecule has 6 heteroatoms. The van der Waals surface area contributed by atoms with E-state index < -0.39 is 23.3 Å². The van der Waals surface area contributed by atoms with E-state index in [1.807, 2.05) is 6.08 Å². The van der Waals surface area contributed by atoms with Crippen molar-refractivity contribution in [1.82, 2.24) is 5.32 Å². The van der Waals surface area contributed by atoms with Gasteiger partial charge in [0.2, 0.25) is 5.91 Å². The second kappa shape index (κ2) is 6.37. The van der Waals surface area contributed by atoms with Crippen LogP contribution in [0.4, 0.5) is 0 Å². The molecule has 1 amide bonds. The molecule has 2 atom stereocenters. The molecule has 3 N–H and O–H groups in total. The number of nitrogens with one attached hydrogen (secondary N) is 1. The Hall–Kier alpha value is -1.40. The summed E-state index contributed by atoms with van der Waals surface area (Å²) >= 11 is 0. The topological polar surface area (TPSA) is 95.9 Å². The van der Waals surface area contributed by atoms with Crippen LogP contribution in [0.15, 0.2) is 12.2 Å². The summed E-state index contributed by atoms with van der Waals surface area (Å²) in [7, 11) is 0. The summed E-state index contributed by atoms with van der Waals surface area (Å²) in [5.74, 6) is -2.48. The summed E-state index contributed by atoms with van der Waals surface area (Å²) < 4.78 is 5.25. The molecule has 2 aliphatic rings. The Morgan fingerprint density at radius 2 is 1.80 bits per heavy atom. The van der Waals surface area contributed by atoms with Gasteiger partial charge in [-0.1, -0.05) is 12.2 Å². The maximum Gasteiger partial charge on any atom is 0.307 e. The molecule has 1 saturated heterocycles. The molecule has 0 saturated carbocycles. The standard InChI is InChI=1S/C14H21NO5/c16-9-14(5-7-20-8-6-14)15-12(17)10-3-1-2-4-11(10)13(18)19/h1-2,10-11,16H,3-9H2,(H,15,17)(H,18,19). The summed E-state index contributed by atoms with van der Waals surface area (Å²) in [5.41, 5.74) is -0.667. The number of rotatable bonds is 4. The van der Waals surface area contributed by atoms with Crippen LogP contribution in [-0.4, -0.2) is 47.4 Å². The minimum absolute atomic E-state index is 0.150. The summed E-state index contributed by atoms with van der Waals surface area (Å²) in [6.45, 7) is 0.837. The van der Waals surface area contributed by atoms with E-state index in [-0.39, 0.29) is 12.5 Å². The van der Waals surface area contributed by atoms with Gasteiger partial charge in [-0.15, -0.1) is 0 Å². The Balaban J connectivity index is 2.05. The molecular formula is C14H21NO5. The molecule has 1 fully saturated rings. The maximum absolute atomic E-state index is 12.4. The number of carboxylic acid groups (broad SMARTS) is 1. The molecule has 0 spiro atoms. The number of aliphatic hydroxyl groups excluding tert-OH is 1. The third-order valence-corrected chi connectivity index (χ3v) is 4.23. The van der Waals surface area contributed by atoms with Gasteiger partial charge in [0.05, 0.1) is 24.0 Å². The SMILES string of the molecule is O=C(O)C1CC=CCC1C(=O)NC1(CO)CCOCC1. The van der Waals surface area contributed by atoms with E-state index in [4.69, 9.17) is 4.74 Å². The van der Waals surface area contributed by atoms with Gasteiger partial charge in [-0.3, -0.25) is 9.59 Å². The zero-order valence-corrected chi connectivity index (χ0v) is 11.4. The predicted octanol–water partition coefficient (Wildman–Crippen LogP) is 0.311. The van der Waals surface area contributed by atoms with E-state index in [0.717, 1.165) is 0 Å². The van der Waals surface area contributed by atoms with Gasteiger partial charge in [-0.05, 0) is 25.7 Å². The van der Waals surface area contributed by atoms with Gasteiger partial charge in [0.15, 0.2) is 0 Å². The van der Waals surface area contributed by atoms with Crippen molar-refractivity contribution >= 4 is 11.9 Å². The predicted molar refractivity (Wildman–Crippen MR) is 71.0 cm³/mol. The molecular weight excluding hydrogens is 262 g/mol. The van der Waals surface area contributed by atoms with Gasteiger partial charge in [0.1, 0.15) is 0 Å². The highest BCUT2D eigenvalue weighted by molar-refractivity contribution is 5.85. The first-order valence-electron chi connectivity index (χ1n) is 6.96. The highest BCUT2D eigenvalue weighted by atomic mass is 16.5. The molecule has 0 radical (unpaired) electrons. The van der Waals surface area contributed by atoms with Crippen LogP contribution < -0.4 is 5.32 Å². The summed E-state index contributed by atoms with van der Waals surface area (Å²) in [6.07, 6.45) is 5.56. The van der Waals surface area contributed by atoms with E-state index in [1.165, 1.54) is 0 Å². The highest BCUT2D eigenvalue weighted by Crippen LogP contribution is 2.28. The Kier molecular flexibility index (Phi) is 4.77. The second-order valence-corrected chi connectivity index (χ2v) is 5.53. The fourth-order valence-corrected chi connectivity index (χ4v) is 2.82. The van der Waals surface area contributed by atoms with E-state index in [0.29, 0.717) is 38.9 Å². The van der Waals surface area contributed by atoms with Crippen LogP contribution in [0.25, 0.3) is 0 Å². The average Bonchev–Trinajstić information content (AvgIpc) is 2.48. The Morgan fingerprint density at radius 3 is 2.35 bits per heavy atom. The van der Waals surface area contributed by atoms with Crippen LogP contribution in [0, 0.1) is 11.8 Å². The number of aliphatic hydroxyl groups is 1. The minimum Gasteiger partial charge on any atom is -0.481 e. The van der Waals surface area contributed by atoms with E-state index in [9.17, 15) is 19.8 Å². The van der Waals surface area contributed by atoms with Crippen LogP contribution in [-0.2, 0) is 14.3 Å². The lowest BCUT2D eigenvalue weighted by atomic mass is 9.81. The zero-order chi connectivity index (χ0) is 14.6. The average molecular weight is 283 g/mol. The quantitative estimate of drug-likeness (QED) is 0.645. The van der Waals surface area contributed by atoms with Gasteiger partial charge in [0.25, 0.3) is 0 Å². The summed E-state index contributed by atoms with van der Waals surface area (Å²) in [4.78, 5) is 23.6. The van der Waals surface area contributed by atoms with E-state index in [2.05, 4.69) is 5.32 Å². The molecule has 2 unspecified atom stereocenters. The minimum atomic E-state index is -0.945. The molecule has 0 bridgehead atoms. The van der Waals surface area contributed by atoms with Crippen LogP contribution in [0.5, 0.6) is 0 Å². The van der Waals surface area contributed by atoms with E-state index >= 15 is 0 Å². The lowest BCUT2D eigenvalue weighted by molar-refractivity contribution is -0.148. The van der Waals surface area contributed by atoms with Gasteiger partial charge in [0, 0.05) is 13.2 Å². The second-order valence-electron chi connectivity index (χ2n) is 5.53. The molecule has 0 aromatic carbocycles. The third kappa shape index (κ3) is 3.19. The molecule has 0 aromatic rings. The number of hydrogen-bond donors (Lipinski definition) is 3. The van der Waals surface area contributed by atoms with Gasteiger partial charge in [-0.25, -0.2) is 0 Å². The van der Waals surface area contributed by atoms with Crippen molar-refractivity contribution in [1.29, 1.82) is 0 Å². The van der Waals surface area contributed by atoms with Crippen LogP contribution in [0.2, 0.25) is 0 Å². The maximum atomic E-state index is 12.4. The lowest BCUT2D eigenvalue weighted by Gasteiger charge is -2.38. The number of carbonyl (C=O) groups is 2. The summed E-state index contributed by atoms with van der Waals surface area (Å²) in [6, 6.07) is 0. The van der Waals surface area contributed by atoms with Crippen LogP contribution in [0.1, 0.15) is 25.7 Å². The number of allylic oxidation sites excluding steroid dienone is 2.